The number of rotatable bonds is 14. The van der Waals surface area contributed by atoms with Gasteiger partial charge in [0.15, 0.2) is 11.5 Å². The van der Waals surface area contributed by atoms with Gasteiger partial charge in [0, 0.05) is 43.3 Å². The molecule has 4 heterocycles. The normalized spacial score (nSPS) is 18.0. The summed E-state index contributed by atoms with van der Waals surface area (Å²) in [7, 11) is 0. The van der Waals surface area contributed by atoms with Crippen molar-refractivity contribution < 1.29 is 28.3 Å². The van der Waals surface area contributed by atoms with E-state index in [2.05, 4.69) is 43.6 Å². The second-order valence-corrected chi connectivity index (χ2v) is 13.9. The first kappa shape index (κ1) is 36.2. The maximum absolute atomic E-state index is 13.6. The summed E-state index contributed by atoms with van der Waals surface area (Å²) >= 11 is 0. The van der Waals surface area contributed by atoms with Crippen molar-refractivity contribution in [2.45, 2.75) is 51.6 Å². The fraction of sp³-hybridized carbons (Fsp3) is 0.450. The third kappa shape index (κ3) is 10.2. The number of hydrogen-bond acceptors (Lipinski definition) is 9. The molecule has 51 heavy (non-hydrogen) atoms. The van der Waals surface area contributed by atoms with Gasteiger partial charge in [0.1, 0.15) is 24.0 Å². The summed E-state index contributed by atoms with van der Waals surface area (Å²) in [6, 6.07) is 20.0. The molecule has 0 radical (unpaired) electrons. The molecule has 4 aromatic rings. The Hall–Kier alpha value is -4.58. The molecule has 2 saturated heterocycles. The van der Waals surface area contributed by atoms with Crippen molar-refractivity contribution in [1.29, 1.82) is 0 Å². The molecule has 2 atom stereocenters. The first-order valence-electron chi connectivity index (χ1n) is 18.1. The molecule has 270 valence electrons. The molecular weight excluding hydrogens is 646 g/mol. The van der Waals surface area contributed by atoms with Gasteiger partial charge in [-0.05, 0) is 86.2 Å². The van der Waals surface area contributed by atoms with E-state index in [1.54, 1.807) is 18.3 Å². The van der Waals surface area contributed by atoms with Gasteiger partial charge in [-0.15, -0.1) is 0 Å². The van der Waals surface area contributed by atoms with Gasteiger partial charge in [-0.2, -0.15) is 0 Å². The molecule has 0 spiro atoms. The fourth-order valence-corrected chi connectivity index (χ4v) is 6.69. The zero-order chi connectivity index (χ0) is 35.6. The Kier molecular flexibility index (Phi) is 12.5. The lowest BCUT2D eigenvalue weighted by molar-refractivity contribution is -0.129. The van der Waals surface area contributed by atoms with Crippen LogP contribution in [0.5, 0.6) is 5.75 Å². The molecule has 2 aliphatic rings. The van der Waals surface area contributed by atoms with Crippen molar-refractivity contribution in [3.8, 4) is 17.0 Å². The van der Waals surface area contributed by atoms with Crippen LogP contribution in [-0.2, 0) is 20.7 Å². The minimum absolute atomic E-state index is 0.0158. The standard InChI is InChI=1S/C40H49N5O6/c1-28(2)23-35(43-40(48)38-26-31-25-32(11-12-37(31)51-38)50-22-19-44-17-20-49-21-18-44)39(47)42-34-10-6-15-45(27-36(34)46)16-13-29-7-5-8-30(24-29)33-9-3-4-14-41-33/h3-5,7-9,11-12,14,24-26,28,34-35H,6,10,13,15-23,27H2,1-2H3,(H,42,47)(H,43,48). The Morgan fingerprint density at radius 1 is 0.980 bits per heavy atom. The van der Waals surface area contributed by atoms with Gasteiger partial charge in [-0.25, -0.2) is 0 Å². The lowest BCUT2D eigenvalue weighted by Gasteiger charge is -2.26. The van der Waals surface area contributed by atoms with Crippen molar-refractivity contribution in [1.82, 2.24) is 25.4 Å². The highest BCUT2D eigenvalue weighted by Crippen LogP contribution is 2.25. The van der Waals surface area contributed by atoms with Gasteiger partial charge in [0.05, 0.1) is 31.5 Å². The third-order valence-electron chi connectivity index (χ3n) is 9.48. The van der Waals surface area contributed by atoms with Gasteiger partial charge in [-0.3, -0.25) is 29.2 Å². The molecule has 0 aliphatic carbocycles. The van der Waals surface area contributed by atoms with E-state index in [4.69, 9.17) is 13.9 Å². The van der Waals surface area contributed by atoms with Crippen LogP contribution in [0.3, 0.4) is 0 Å². The van der Waals surface area contributed by atoms with Crippen molar-refractivity contribution in [2.75, 3.05) is 59.1 Å². The van der Waals surface area contributed by atoms with Crippen LogP contribution in [0.1, 0.15) is 49.2 Å². The topological polar surface area (TPSA) is 126 Å². The van der Waals surface area contributed by atoms with E-state index in [1.807, 2.05) is 50.2 Å². The van der Waals surface area contributed by atoms with Crippen molar-refractivity contribution >= 4 is 28.6 Å². The van der Waals surface area contributed by atoms with E-state index in [-0.39, 0.29) is 29.9 Å². The number of fused-ring (bicyclic) bond motifs is 1. The summed E-state index contributed by atoms with van der Waals surface area (Å²) in [6.45, 7) is 10.4. The van der Waals surface area contributed by atoms with Crippen LogP contribution in [-0.4, -0.2) is 104 Å². The van der Waals surface area contributed by atoms with Gasteiger partial charge < -0.3 is 24.5 Å². The number of aromatic nitrogens is 1. The second-order valence-electron chi connectivity index (χ2n) is 13.9. The third-order valence-corrected chi connectivity index (χ3v) is 9.48. The van der Waals surface area contributed by atoms with Crippen LogP contribution in [0, 0.1) is 5.92 Å². The fourth-order valence-electron chi connectivity index (χ4n) is 6.69. The number of morpholine rings is 1. The number of pyridine rings is 1. The smallest absolute Gasteiger partial charge is 0.287 e. The van der Waals surface area contributed by atoms with E-state index >= 15 is 0 Å². The molecule has 2 aromatic carbocycles. The molecule has 0 saturated carbocycles. The number of ketones is 1. The van der Waals surface area contributed by atoms with E-state index in [0.717, 1.165) is 75.4 Å². The van der Waals surface area contributed by atoms with Gasteiger partial charge in [0.25, 0.3) is 5.91 Å². The zero-order valence-corrected chi connectivity index (χ0v) is 29.6. The highest BCUT2D eigenvalue weighted by molar-refractivity contribution is 5.99. The Balaban J connectivity index is 1.01. The summed E-state index contributed by atoms with van der Waals surface area (Å²) in [5.74, 6) is 0.0867. The average molecular weight is 696 g/mol. The first-order valence-corrected chi connectivity index (χ1v) is 18.1. The quantitative estimate of drug-likeness (QED) is 0.192. The summed E-state index contributed by atoms with van der Waals surface area (Å²) in [5, 5.41) is 6.59. The highest BCUT2D eigenvalue weighted by atomic mass is 16.5. The first-order chi connectivity index (χ1) is 24.8. The number of carbonyl (C=O) groups is 3. The largest absolute Gasteiger partial charge is 0.492 e. The predicted octanol–water partition coefficient (Wildman–Crippen LogP) is 4.74. The molecular formula is C40H49N5O6. The summed E-state index contributed by atoms with van der Waals surface area (Å²) in [6.07, 6.45) is 4.35. The number of nitrogens with one attached hydrogen (secondary N) is 2. The van der Waals surface area contributed by atoms with Crippen molar-refractivity contribution in [3.63, 3.8) is 0 Å². The number of carbonyl (C=O) groups excluding carboxylic acids is 3. The minimum Gasteiger partial charge on any atom is -0.492 e. The molecule has 2 unspecified atom stereocenters. The Bertz CT molecular complexity index is 1770. The van der Waals surface area contributed by atoms with Gasteiger partial charge in [-0.1, -0.05) is 38.1 Å². The van der Waals surface area contributed by atoms with Crippen molar-refractivity contribution in [3.05, 3.63) is 84.3 Å². The lowest BCUT2D eigenvalue weighted by atomic mass is 10.0. The average Bonchev–Trinajstić information content (AvgIpc) is 3.49. The van der Waals surface area contributed by atoms with Crippen LogP contribution >= 0.6 is 0 Å². The zero-order valence-electron chi connectivity index (χ0n) is 29.6. The van der Waals surface area contributed by atoms with E-state index < -0.39 is 18.0 Å². The number of nitrogens with zero attached hydrogens (tertiary/aromatic N) is 3. The molecule has 11 heteroatoms. The number of likely N-dealkylation sites (tertiary alicyclic amines) is 1. The number of benzene rings is 2. The Morgan fingerprint density at radius 2 is 1.84 bits per heavy atom. The summed E-state index contributed by atoms with van der Waals surface area (Å²) < 4.78 is 17.2. The number of hydrogen-bond donors (Lipinski definition) is 2. The van der Waals surface area contributed by atoms with Crippen LogP contribution in [0.4, 0.5) is 0 Å². The van der Waals surface area contributed by atoms with Crippen LogP contribution < -0.4 is 15.4 Å². The lowest BCUT2D eigenvalue weighted by Crippen LogP contribution is -2.52. The summed E-state index contributed by atoms with van der Waals surface area (Å²) in [4.78, 5) is 49.3. The van der Waals surface area contributed by atoms with Gasteiger partial charge >= 0.3 is 0 Å². The van der Waals surface area contributed by atoms with Crippen LogP contribution in [0.15, 0.2) is 77.3 Å². The van der Waals surface area contributed by atoms with Crippen LogP contribution in [0.25, 0.3) is 22.2 Å². The second kappa shape index (κ2) is 17.6. The molecule has 2 fully saturated rings. The number of furan rings is 1. The maximum Gasteiger partial charge on any atom is 0.287 e. The number of amides is 2. The maximum atomic E-state index is 13.6. The molecule has 11 nitrogen and oxygen atoms in total. The Labute approximate surface area is 299 Å². The molecule has 2 N–H and O–H groups in total. The van der Waals surface area contributed by atoms with E-state index in [1.165, 1.54) is 5.56 Å². The predicted molar refractivity (Wildman–Crippen MR) is 196 cm³/mol. The van der Waals surface area contributed by atoms with E-state index in [9.17, 15) is 14.4 Å². The molecule has 2 aromatic heterocycles. The van der Waals surface area contributed by atoms with E-state index in [0.29, 0.717) is 30.8 Å². The molecule has 2 amide bonds. The highest BCUT2D eigenvalue weighted by Gasteiger charge is 2.30. The Morgan fingerprint density at radius 3 is 2.65 bits per heavy atom. The number of ether oxygens (including phenoxy) is 2. The van der Waals surface area contributed by atoms with Crippen LogP contribution in [0.2, 0.25) is 0 Å². The van der Waals surface area contributed by atoms with Gasteiger partial charge in [0.2, 0.25) is 5.91 Å². The molecule has 0 bridgehead atoms. The molecule has 6 rings (SSSR count). The SMILES string of the molecule is CC(C)CC(NC(=O)c1cc2cc(OCCN3CCOCC3)ccc2o1)C(=O)NC1CCCN(CCc2cccc(-c3ccccn3)c2)CC1=O. The van der Waals surface area contributed by atoms with Crippen molar-refractivity contribution in [2.24, 2.45) is 5.92 Å². The number of Topliss-reactive ketones (excluding diaryl/α,β-unsaturated/α-hetero) is 1. The summed E-state index contributed by atoms with van der Waals surface area (Å²) in [5.41, 5.74) is 3.74. The minimum atomic E-state index is -0.816. The molecule has 2 aliphatic heterocycles. The monoisotopic (exact) mass is 695 g/mol.